The van der Waals surface area contributed by atoms with Crippen LogP contribution in [0, 0.1) is 0 Å². The van der Waals surface area contributed by atoms with Gasteiger partial charge in [-0.3, -0.25) is 0 Å². The number of rotatable bonds is 7. The van der Waals surface area contributed by atoms with E-state index in [0.717, 1.165) is 44.6 Å². The Hall–Kier alpha value is -8.98. The van der Waals surface area contributed by atoms with Crippen LogP contribution in [0.2, 0.25) is 0 Å². The van der Waals surface area contributed by atoms with Gasteiger partial charge in [-0.1, -0.05) is 218 Å². The summed E-state index contributed by atoms with van der Waals surface area (Å²) >= 11 is 0. The Morgan fingerprint density at radius 1 is 0.290 bits per heavy atom. The minimum Gasteiger partial charge on any atom is -0.456 e. The average Bonchev–Trinajstić information content (AvgIpc) is 4.06. The molecule has 0 bridgehead atoms. The van der Waals surface area contributed by atoms with E-state index in [1.165, 1.54) is 83.5 Å². The smallest absolute Gasteiger partial charge is 0.137 e. The van der Waals surface area contributed by atoms with Crippen LogP contribution in [0.4, 0.5) is 17.1 Å². The SMILES string of the molecule is c1ccc(-c2ccc(-c3ccc(N(c4ccc(-c5ccccc5)cc4)c4c5c(cc6oc7ccccc7c46)C4(c6ccccc6-c6ccccc64)c4ccc(-c6ccccc6)cc4-5)cc3)cc2)cc1. The standard InChI is InChI=1S/C67H43NO/c1-4-16-44(17-5-1)47-28-30-48(31-29-47)50-34-39-53(40-35-50)68(52-37-32-49(33-38-52)45-18-6-2-7-19-45)66-64-57-42-51(46-20-8-3-9-21-46)36-41-60(57)67(58-25-13-10-22-54(58)55-23-11-14-26-59(55)67)61(64)43-63-65(66)56-24-12-15-27-62(56)69-63/h1-43H. The van der Waals surface area contributed by atoms with Crippen LogP contribution in [0.25, 0.3) is 88.7 Å². The van der Waals surface area contributed by atoms with Crippen LogP contribution < -0.4 is 4.90 Å². The Morgan fingerprint density at radius 3 is 1.23 bits per heavy atom. The third kappa shape index (κ3) is 5.99. The molecule has 2 aliphatic rings. The fourth-order valence-electron chi connectivity index (χ4n) is 11.6. The molecule has 0 saturated heterocycles. The quantitative estimate of drug-likeness (QED) is 0.159. The highest BCUT2D eigenvalue weighted by molar-refractivity contribution is 6.20. The zero-order chi connectivity index (χ0) is 45.5. The van der Waals surface area contributed by atoms with Crippen molar-refractivity contribution in [2.75, 3.05) is 4.90 Å². The van der Waals surface area contributed by atoms with E-state index in [1.54, 1.807) is 0 Å². The molecular formula is C67H43NO. The highest BCUT2D eigenvalue weighted by Gasteiger charge is 2.53. The molecule has 14 rings (SSSR count). The predicted molar refractivity (Wildman–Crippen MR) is 286 cm³/mol. The van der Waals surface area contributed by atoms with Crippen LogP contribution in [-0.4, -0.2) is 0 Å². The zero-order valence-electron chi connectivity index (χ0n) is 37.7. The van der Waals surface area contributed by atoms with Crippen LogP contribution in [0.5, 0.6) is 0 Å². The summed E-state index contributed by atoms with van der Waals surface area (Å²) in [6.07, 6.45) is 0. The Labute approximate surface area is 401 Å². The number of benzene rings is 11. The molecular weight excluding hydrogens is 835 g/mol. The molecule has 69 heavy (non-hydrogen) atoms. The summed E-state index contributed by atoms with van der Waals surface area (Å²) in [6, 6.07) is 95.4. The van der Waals surface area contributed by atoms with Crippen LogP contribution in [0.3, 0.4) is 0 Å². The molecule has 0 N–H and O–H groups in total. The Balaban J connectivity index is 1.07. The van der Waals surface area contributed by atoms with Crippen LogP contribution in [-0.2, 0) is 5.41 Å². The molecule has 0 unspecified atom stereocenters. The molecule has 0 aliphatic heterocycles. The van der Waals surface area contributed by atoms with E-state index in [9.17, 15) is 0 Å². The molecule has 0 fully saturated rings. The van der Waals surface area contributed by atoms with Gasteiger partial charge >= 0.3 is 0 Å². The molecule has 0 atom stereocenters. The lowest BCUT2D eigenvalue weighted by atomic mass is 9.70. The van der Waals surface area contributed by atoms with E-state index >= 15 is 0 Å². The minimum absolute atomic E-state index is 0.604. The lowest BCUT2D eigenvalue weighted by Gasteiger charge is -2.32. The van der Waals surface area contributed by atoms with Gasteiger partial charge in [-0.25, -0.2) is 0 Å². The first kappa shape index (κ1) is 39.2. The summed E-state index contributed by atoms with van der Waals surface area (Å²) in [4.78, 5) is 2.50. The third-order valence-corrected chi connectivity index (χ3v) is 14.7. The molecule has 2 heteroatoms. The maximum atomic E-state index is 7.08. The molecule has 0 radical (unpaired) electrons. The van der Waals surface area contributed by atoms with Gasteiger partial charge in [0.15, 0.2) is 0 Å². The average molecular weight is 878 g/mol. The molecule has 11 aromatic carbocycles. The fraction of sp³-hybridized carbons (Fsp3) is 0.0149. The van der Waals surface area contributed by atoms with Crippen LogP contribution in [0.1, 0.15) is 22.3 Å². The van der Waals surface area contributed by atoms with Crippen molar-refractivity contribution in [2.45, 2.75) is 5.41 Å². The molecule has 1 aromatic heterocycles. The number of hydrogen-bond donors (Lipinski definition) is 0. The first-order valence-corrected chi connectivity index (χ1v) is 23.8. The highest BCUT2D eigenvalue weighted by Crippen LogP contribution is 2.66. The topological polar surface area (TPSA) is 16.4 Å². The number of furan rings is 1. The number of hydrogen-bond acceptors (Lipinski definition) is 2. The number of nitrogens with zero attached hydrogens (tertiary/aromatic N) is 1. The highest BCUT2D eigenvalue weighted by atomic mass is 16.3. The van der Waals surface area contributed by atoms with Crippen molar-refractivity contribution in [2.24, 2.45) is 0 Å². The predicted octanol–water partition coefficient (Wildman–Crippen LogP) is 18.1. The number of para-hydroxylation sites is 1. The monoisotopic (exact) mass is 877 g/mol. The van der Waals surface area contributed by atoms with Crippen molar-refractivity contribution in [1.29, 1.82) is 0 Å². The van der Waals surface area contributed by atoms with Gasteiger partial charge < -0.3 is 9.32 Å². The first-order valence-electron chi connectivity index (χ1n) is 23.8. The van der Waals surface area contributed by atoms with Crippen LogP contribution in [0.15, 0.2) is 265 Å². The number of anilines is 3. The second kappa shape index (κ2) is 15.6. The van der Waals surface area contributed by atoms with E-state index in [0.29, 0.717) is 0 Å². The summed E-state index contributed by atoms with van der Waals surface area (Å²) in [7, 11) is 0. The van der Waals surface area contributed by atoms with Crippen molar-refractivity contribution < 1.29 is 4.42 Å². The van der Waals surface area contributed by atoms with E-state index in [1.807, 2.05) is 0 Å². The molecule has 12 aromatic rings. The lowest BCUT2D eigenvalue weighted by molar-refractivity contribution is 0.666. The maximum absolute atomic E-state index is 7.08. The fourth-order valence-corrected chi connectivity index (χ4v) is 11.6. The van der Waals surface area contributed by atoms with E-state index < -0.39 is 5.41 Å². The first-order chi connectivity index (χ1) is 34.2. The van der Waals surface area contributed by atoms with Gasteiger partial charge in [0.25, 0.3) is 0 Å². The van der Waals surface area contributed by atoms with Crippen LogP contribution >= 0.6 is 0 Å². The van der Waals surface area contributed by atoms with E-state index in [-0.39, 0.29) is 0 Å². The summed E-state index contributed by atoms with van der Waals surface area (Å²) in [6.45, 7) is 0. The summed E-state index contributed by atoms with van der Waals surface area (Å²) in [5.74, 6) is 0. The summed E-state index contributed by atoms with van der Waals surface area (Å²) in [5.41, 5.74) is 23.9. The summed E-state index contributed by atoms with van der Waals surface area (Å²) in [5, 5.41) is 2.17. The van der Waals surface area contributed by atoms with Gasteiger partial charge in [-0.2, -0.15) is 0 Å². The van der Waals surface area contributed by atoms with Gasteiger partial charge in [0.05, 0.1) is 16.5 Å². The molecule has 322 valence electrons. The second-order valence-electron chi connectivity index (χ2n) is 18.3. The van der Waals surface area contributed by atoms with E-state index in [4.69, 9.17) is 4.42 Å². The molecule has 1 spiro atoms. The zero-order valence-corrected chi connectivity index (χ0v) is 37.7. The number of fused-ring (bicyclic) bond motifs is 13. The van der Waals surface area contributed by atoms with Crippen molar-refractivity contribution in [1.82, 2.24) is 0 Å². The second-order valence-corrected chi connectivity index (χ2v) is 18.3. The molecule has 0 amide bonds. The van der Waals surface area contributed by atoms with Crippen molar-refractivity contribution >= 4 is 39.0 Å². The van der Waals surface area contributed by atoms with Gasteiger partial charge in [0.2, 0.25) is 0 Å². The molecule has 2 nitrogen and oxygen atoms in total. The Kier molecular flexibility index (Phi) is 8.84. The van der Waals surface area contributed by atoms with Crippen molar-refractivity contribution in [3.05, 3.63) is 283 Å². The third-order valence-electron chi connectivity index (χ3n) is 14.7. The largest absolute Gasteiger partial charge is 0.456 e. The lowest BCUT2D eigenvalue weighted by Crippen LogP contribution is -2.26. The molecule has 1 heterocycles. The van der Waals surface area contributed by atoms with Crippen molar-refractivity contribution in [3.8, 4) is 66.8 Å². The van der Waals surface area contributed by atoms with Gasteiger partial charge in [-0.15, -0.1) is 0 Å². The molecule has 2 aliphatic carbocycles. The maximum Gasteiger partial charge on any atom is 0.137 e. The Morgan fingerprint density at radius 2 is 0.696 bits per heavy atom. The van der Waals surface area contributed by atoms with Gasteiger partial charge in [0, 0.05) is 22.3 Å². The normalized spacial score (nSPS) is 12.8. The Bertz CT molecular complexity index is 3860. The van der Waals surface area contributed by atoms with Gasteiger partial charge in [-0.05, 0) is 126 Å². The van der Waals surface area contributed by atoms with E-state index in [2.05, 4.69) is 266 Å². The summed E-state index contributed by atoms with van der Waals surface area (Å²) < 4.78 is 7.08. The minimum atomic E-state index is -0.604. The van der Waals surface area contributed by atoms with Gasteiger partial charge in [0.1, 0.15) is 11.2 Å². The van der Waals surface area contributed by atoms with Crippen molar-refractivity contribution in [3.63, 3.8) is 0 Å². The molecule has 0 saturated carbocycles.